The molecule has 1 aromatic carbocycles. The van der Waals surface area contributed by atoms with Crippen LogP contribution < -0.4 is 5.73 Å². The normalized spacial score (nSPS) is 10.2. The molecule has 0 spiro atoms. The van der Waals surface area contributed by atoms with Crippen LogP contribution in [0.15, 0.2) is 23.1 Å². The van der Waals surface area contributed by atoms with E-state index in [0.717, 1.165) is 22.7 Å². The zero-order chi connectivity index (χ0) is 12.1. The third-order valence-corrected chi connectivity index (χ3v) is 3.48. The molecule has 0 radical (unpaired) electrons. The van der Waals surface area contributed by atoms with Crippen LogP contribution in [0.1, 0.15) is 12.5 Å². The number of carbonyl (C=O) groups excluding carboxylic acids is 1. The van der Waals surface area contributed by atoms with Crippen LogP contribution >= 0.6 is 11.8 Å². The standard InChI is InChI=1S/C12H18N2OS/c1-4-14(3)12(15)8-16-10-5-6-11(13)9(2)7-10/h5-7H,4,8,13H2,1-3H3. The van der Waals surface area contributed by atoms with Crippen LogP contribution in [-0.4, -0.2) is 30.2 Å². The maximum Gasteiger partial charge on any atom is 0.232 e. The van der Waals surface area contributed by atoms with Crippen LogP contribution in [0, 0.1) is 6.92 Å². The minimum Gasteiger partial charge on any atom is -0.399 e. The van der Waals surface area contributed by atoms with E-state index < -0.39 is 0 Å². The third-order valence-electron chi connectivity index (χ3n) is 2.50. The molecular formula is C12H18N2OS. The van der Waals surface area contributed by atoms with Crippen LogP contribution in [0.3, 0.4) is 0 Å². The fraction of sp³-hybridized carbons (Fsp3) is 0.417. The highest BCUT2D eigenvalue weighted by Crippen LogP contribution is 2.22. The predicted molar refractivity (Wildman–Crippen MR) is 69.6 cm³/mol. The van der Waals surface area contributed by atoms with Crippen LogP contribution in [-0.2, 0) is 4.79 Å². The average molecular weight is 238 g/mol. The van der Waals surface area contributed by atoms with Gasteiger partial charge in [-0.25, -0.2) is 0 Å². The van der Waals surface area contributed by atoms with Crippen molar-refractivity contribution in [3.05, 3.63) is 23.8 Å². The first-order valence-corrected chi connectivity index (χ1v) is 6.26. The molecule has 0 aliphatic rings. The van der Waals surface area contributed by atoms with Gasteiger partial charge >= 0.3 is 0 Å². The molecule has 1 rings (SSSR count). The molecule has 0 bridgehead atoms. The summed E-state index contributed by atoms with van der Waals surface area (Å²) in [6, 6.07) is 5.84. The van der Waals surface area contributed by atoms with E-state index in [1.54, 1.807) is 16.7 Å². The van der Waals surface area contributed by atoms with Gasteiger partial charge in [-0.1, -0.05) is 0 Å². The van der Waals surface area contributed by atoms with E-state index in [1.807, 2.05) is 39.1 Å². The number of amides is 1. The molecule has 0 atom stereocenters. The second kappa shape index (κ2) is 5.80. The highest BCUT2D eigenvalue weighted by atomic mass is 32.2. The van der Waals surface area contributed by atoms with Crippen molar-refractivity contribution in [1.82, 2.24) is 4.90 Å². The molecule has 0 aliphatic heterocycles. The van der Waals surface area contributed by atoms with Gasteiger partial charge in [-0.2, -0.15) is 0 Å². The number of carbonyl (C=O) groups is 1. The summed E-state index contributed by atoms with van der Waals surface area (Å²) >= 11 is 1.55. The molecule has 88 valence electrons. The van der Waals surface area contributed by atoms with Gasteiger partial charge in [-0.3, -0.25) is 4.79 Å². The van der Waals surface area contributed by atoms with Crippen molar-refractivity contribution in [1.29, 1.82) is 0 Å². The van der Waals surface area contributed by atoms with Gasteiger partial charge < -0.3 is 10.6 Å². The number of nitrogens with zero attached hydrogens (tertiary/aromatic N) is 1. The summed E-state index contributed by atoms with van der Waals surface area (Å²) in [4.78, 5) is 14.4. The SMILES string of the molecule is CCN(C)C(=O)CSc1ccc(N)c(C)c1. The Morgan fingerprint density at radius 1 is 1.50 bits per heavy atom. The molecule has 1 amide bonds. The lowest BCUT2D eigenvalue weighted by molar-refractivity contribution is -0.126. The fourth-order valence-electron chi connectivity index (χ4n) is 1.17. The second-order valence-electron chi connectivity index (χ2n) is 3.71. The van der Waals surface area contributed by atoms with Gasteiger partial charge in [0.05, 0.1) is 5.75 Å². The molecule has 0 unspecified atom stereocenters. The molecule has 16 heavy (non-hydrogen) atoms. The van der Waals surface area contributed by atoms with Crippen molar-refractivity contribution in [3.63, 3.8) is 0 Å². The second-order valence-corrected chi connectivity index (χ2v) is 4.76. The quantitative estimate of drug-likeness (QED) is 0.646. The van der Waals surface area contributed by atoms with Gasteiger partial charge in [0.2, 0.25) is 5.91 Å². The molecule has 0 saturated heterocycles. The van der Waals surface area contributed by atoms with E-state index in [-0.39, 0.29) is 5.91 Å². The summed E-state index contributed by atoms with van der Waals surface area (Å²) in [5, 5.41) is 0. The highest BCUT2D eigenvalue weighted by Gasteiger charge is 2.07. The maximum absolute atomic E-state index is 11.6. The highest BCUT2D eigenvalue weighted by molar-refractivity contribution is 8.00. The Morgan fingerprint density at radius 2 is 2.19 bits per heavy atom. The molecule has 0 aromatic heterocycles. The van der Waals surface area contributed by atoms with Crippen molar-refractivity contribution in [2.45, 2.75) is 18.7 Å². The smallest absolute Gasteiger partial charge is 0.232 e. The van der Waals surface area contributed by atoms with Gasteiger partial charge in [-0.15, -0.1) is 11.8 Å². The van der Waals surface area contributed by atoms with Crippen molar-refractivity contribution in [3.8, 4) is 0 Å². The topological polar surface area (TPSA) is 46.3 Å². The Kier molecular flexibility index (Phi) is 4.68. The first-order valence-electron chi connectivity index (χ1n) is 5.27. The molecule has 2 N–H and O–H groups in total. The lowest BCUT2D eigenvalue weighted by Gasteiger charge is -2.14. The summed E-state index contributed by atoms with van der Waals surface area (Å²) in [5.74, 6) is 0.634. The van der Waals surface area contributed by atoms with Gasteiger partial charge in [0.15, 0.2) is 0 Å². The van der Waals surface area contributed by atoms with Crippen LogP contribution in [0.2, 0.25) is 0 Å². The molecule has 0 fully saturated rings. The number of nitrogens with two attached hydrogens (primary N) is 1. The summed E-state index contributed by atoms with van der Waals surface area (Å²) < 4.78 is 0. The van der Waals surface area contributed by atoms with Crippen molar-refractivity contribution in [2.75, 3.05) is 25.1 Å². The Balaban J connectivity index is 2.55. The third kappa shape index (κ3) is 3.45. The largest absolute Gasteiger partial charge is 0.399 e. The van der Waals surface area contributed by atoms with Gasteiger partial charge in [0.25, 0.3) is 0 Å². The molecular weight excluding hydrogens is 220 g/mol. The summed E-state index contributed by atoms with van der Waals surface area (Å²) in [6.07, 6.45) is 0. The summed E-state index contributed by atoms with van der Waals surface area (Å²) in [7, 11) is 1.82. The molecule has 1 aromatic rings. The molecule has 3 nitrogen and oxygen atoms in total. The monoisotopic (exact) mass is 238 g/mol. The fourth-order valence-corrected chi connectivity index (χ4v) is 2.10. The average Bonchev–Trinajstić information content (AvgIpc) is 2.29. The van der Waals surface area contributed by atoms with Crippen molar-refractivity contribution < 1.29 is 4.79 Å². The van der Waals surface area contributed by atoms with E-state index in [1.165, 1.54) is 0 Å². The lowest BCUT2D eigenvalue weighted by atomic mass is 10.2. The molecule has 0 saturated carbocycles. The Labute approximate surface area is 101 Å². The number of rotatable bonds is 4. The number of hydrogen-bond donors (Lipinski definition) is 1. The van der Waals surface area contributed by atoms with E-state index >= 15 is 0 Å². The minimum absolute atomic E-state index is 0.155. The molecule has 0 aliphatic carbocycles. The van der Waals surface area contributed by atoms with E-state index in [0.29, 0.717) is 5.75 Å². The Morgan fingerprint density at radius 3 is 2.75 bits per heavy atom. The van der Waals surface area contributed by atoms with Crippen LogP contribution in [0.25, 0.3) is 0 Å². The molecule has 4 heteroatoms. The number of benzene rings is 1. The van der Waals surface area contributed by atoms with Crippen molar-refractivity contribution in [2.24, 2.45) is 0 Å². The maximum atomic E-state index is 11.6. The number of anilines is 1. The number of hydrogen-bond acceptors (Lipinski definition) is 3. The zero-order valence-corrected chi connectivity index (χ0v) is 10.8. The summed E-state index contributed by atoms with van der Waals surface area (Å²) in [5.41, 5.74) is 7.58. The number of aryl methyl sites for hydroxylation is 1. The number of nitrogen functional groups attached to an aromatic ring is 1. The van der Waals surface area contributed by atoms with E-state index in [9.17, 15) is 4.79 Å². The Hall–Kier alpha value is -1.16. The first-order chi connectivity index (χ1) is 7.54. The van der Waals surface area contributed by atoms with Crippen LogP contribution in [0.5, 0.6) is 0 Å². The van der Waals surface area contributed by atoms with E-state index in [2.05, 4.69) is 0 Å². The zero-order valence-electron chi connectivity index (χ0n) is 9.99. The minimum atomic E-state index is 0.155. The molecule has 0 heterocycles. The summed E-state index contributed by atoms with van der Waals surface area (Å²) in [6.45, 7) is 4.69. The number of thioether (sulfide) groups is 1. The van der Waals surface area contributed by atoms with Gasteiger partial charge in [-0.05, 0) is 37.6 Å². The first kappa shape index (κ1) is 12.9. The lowest BCUT2D eigenvalue weighted by Crippen LogP contribution is -2.27. The van der Waals surface area contributed by atoms with Gasteiger partial charge in [0.1, 0.15) is 0 Å². The van der Waals surface area contributed by atoms with Crippen molar-refractivity contribution >= 4 is 23.4 Å². The van der Waals surface area contributed by atoms with Crippen LogP contribution in [0.4, 0.5) is 5.69 Å². The van der Waals surface area contributed by atoms with E-state index in [4.69, 9.17) is 5.73 Å². The Bertz CT molecular complexity index is 379. The predicted octanol–water partition coefficient (Wildman–Crippen LogP) is 2.15. The van der Waals surface area contributed by atoms with Gasteiger partial charge in [0, 0.05) is 24.2 Å².